The second-order valence-electron chi connectivity index (χ2n) is 4.06. The molecule has 1 aromatic heterocycles. The van der Waals surface area contributed by atoms with E-state index in [4.69, 9.17) is 0 Å². The first kappa shape index (κ1) is 12.2. The summed E-state index contributed by atoms with van der Waals surface area (Å²) < 4.78 is 39.7. The third-order valence-corrected chi connectivity index (χ3v) is 3.09. The van der Waals surface area contributed by atoms with Crippen LogP contribution in [0.4, 0.5) is 19.1 Å². The number of aromatic nitrogens is 2. The predicted octanol–water partition coefficient (Wildman–Crippen LogP) is 1.47. The molecule has 2 heterocycles. The van der Waals surface area contributed by atoms with Gasteiger partial charge in [-0.3, -0.25) is 0 Å². The second-order valence-corrected chi connectivity index (χ2v) is 4.06. The summed E-state index contributed by atoms with van der Waals surface area (Å²) in [6, 6.07) is 0.0151. The molecule has 1 aliphatic rings. The van der Waals surface area contributed by atoms with Gasteiger partial charge in [-0.25, -0.2) is 0 Å². The Morgan fingerprint density at radius 2 is 2.06 bits per heavy atom. The molecule has 4 nitrogen and oxygen atoms in total. The van der Waals surface area contributed by atoms with E-state index in [0.717, 1.165) is 25.9 Å². The Morgan fingerprint density at radius 3 is 2.53 bits per heavy atom. The van der Waals surface area contributed by atoms with E-state index in [1.807, 2.05) is 0 Å². The molecule has 0 saturated carbocycles. The average Bonchev–Trinajstić information content (AvgIpc) is 2.58. The summed E-state index contributed by atoms with van der Waals surface area (Å²) >= 11 is 0. The molecule has 1 aliphatic heterocycles. The van der Waals surface area contributed by atoms with Crippen LogP contribution in [0.2, 0.25) is 0 Å². The number of hydrogen-bond acceptors (Lipinski definition) is 3. The van der Waals surface area contributed by atoms with Crippen LogP contribution in [-0.2, 0) is 0 Å². The Labute approximate surface area is 97.3 Å². The number of nitrogens with one attached hydrogen (secondary N) is 1. The standard InChI is InChI=1S/C10H15F3N4/c1-2-16(7-3-5-14-6-4-7)10-8(11)9(12)15-17(10)13/h7,14H,2-6H2,1H3. The fourth-order valence-corrected chi connectivity index (χ4v) is 2.27. The van der Waals surface area contributed by atoms with Gasteiger partial charge in [-0.1, -0.05) is 9.39 Å². The molecular formula is C10H15F3N4. The fourth-order valence-electron chi connectivity index (χ4n) is 2.27. The van der Waals surface area contributed by atoms with Crippen molar-refractivity contribution in [1.82, 2.24) is 15.3 Å². The summed E-state index contributed by atoms with van der Waals surface area (Å²) in [5, 5.41) is 5.99. The molecule has 0 aromatic carbocycles. The molecule has 0 unspecified atom stereocenters. The molecule has 0 aliphatic carbocycles. The molecular weight excluding hydrogens is 233 g/mol. The highest BCUT2D eigenvalue weighted by Gasteiger charge is 2.29. The molecule has 0 radical (unpaired) electrons. The summed E-state index contributed by atoms with van der Waals surface area (Å²) in [7, 11) is 0. The van der Waals surface area contributed by atoms with Gasteiger partial charge in [0, 0.05) is 12.6 Å². The Morgan fingerprint density at radius 1 is 1.41 bits per heavy atom. The lowest BCUT2D eigenvalue weighted by Crippen LogP contribution is -2.44. The highest BCUT2D eigenvalue weighted by molar-refractivity contribution is 5.41. The average molecular weight is 248 g/mol. The van der Waals surface area contributed by atoms with Crippen molar-refractivity contribution in [2.24, 2.45) is 0 Å². The van der Waals surface area contributed by atoms with Gasteiger partial charge in [-0.05, 0) is 32.9 Å². The third kappa shape index (κ3) is 2.24. The number of nitrogens with zero attached hydrogens (tertiary/aromatic N) is 3. The number of piperidine rings is 1. The van der Waals surface area contributed by atoms with Crippen LogP contribution < -0.4 is 10.2 Å². The molecule has 0 amide bonds. The topological polar surface area (TPSA) is 33.1 Å². The molecule has 0 bridgehead atoms. The van der Waals surface area contributed by atoms with Crippen LogP contribution in [0.5, 0.6) is 0 Å². The first-order chi connectivity index (χ1) is 8.15. The van der Waals surface area contributed by atoms with Crippen LogP contribution in [0.3, 0.4) is 0 Å². The Balaban J connectivity index is 2.27. The van der Waals surface area contributed by atoms with E-state index >= 15 is 0 Å². The lowest BCUT2D eigenvalue weighted by molar-refractivity contribution is 0.298. The zero-order valence-electron chi connectivity index (χ0n) is 9.59. The van der Waals surface area contributed by atoms with E-state index in [-0.39, 0.29) is 10.9 Å². The van der Waals surface area contributed by atoms with Crippen molar-refractivity contribution in [3.63, 3.8) is 0 Å². The van der Waals surface area contributed by atoms with Crippen molar-refractivity contribution >= 4 is 5.82 Å². The predicted molar refractivity (Wildman–Crippen MR) is 57.6 cm³/mol. The van der Waals surface area contributed by atoms with Crippen molar-refractivity contribution in [2.45, 2.75) is 25.8 Å². The number of halogens is 3. The summed E-state index contributed by atoms with van der Waals surface area (Å²) in [6.07, 6.45) is 1.56. The minimum atomic E-state index is -1.39. The van der Waals surface area contributed by atoms with Crippen molar-refractivity contribution in [2.75, 3.05) is 24.5 Å². The fraction of sp³-hybridized carbons (Fsp3) is 0.700. The monoisotopic (exact) mass is 248 g/mol. The molecule has 1 aromatic rings. The van der Waals surface area contributed by atoms with Crippen LogP contribution in [0.1, 0.15) is 19.8 Å². The summed E-state index contributed by atoms with van der Waals surface area (Å²) in [4.78, 5) is 1.32. The maximum Gasteiger partial charge on any atom is 0.273 e. The number of hydrogen-bond donors (Lipinski definition) is 1. The SMILES string of the molecule is CCN(c1c(F)c(F)nn1F)C1CCNCC1. The van der Waals surface area contributed by atoms with E-state index in [1.54, 1.807) is 6.92 Å². The van der Waals surface area contributed by atoms with Gasteiger partial charge in [0.2, 0.25) is 11.6 Å². The molecule has 1 saturated heterocycles. The number of rotatable bonds is 3. The van der Waals surface area contributed by atoms with Crippen LogP contribution in [0.25, 0.3) is 0 Å². The maximum absolute atomic E-state index is 13.5. The lowest BCUT2D eigenvalue weighted by Gasteiger charge is -2.34. The normalized spacial score (nSPS) is 17.4. The third-order valence-electron chi connectivity index (χ3n) is 3.09. The van der Waals surface area contributed by atoms with Crippen molar-refractivity contribution in [3.8, 4) is 0 Å². The van der Waals surface area contributed by atoms with Gasteiger partial charge in [-0.2, -0.15) is 8.78 Å². The molecule has 17 heavy (non-hydrogen) atoms. The Hall–Kier alpha value is -1.24. The summed E-state index contributed by atoms with van der Waals surface area (Å²) in [6.45, 7) is 3.79. The molecule has 2 rings (SSSR count). The summed E-state index contributed by atoms with van der Waals surface area (Å²) in [5.41, 5.74) is 0. The number of anilines is 1. The van der Waals surface area contributed by atoms with Gasteiger partial charge in [0.05, 0.1) is 0 Å². The first-order valence-corrected chi connectivity index (χ1v) is 5.72. The zero-order valence-corrected chi connectivity index (χ0v) is 9.59. The largest absolute Gasteiger partial charge is 0.349 e. The molecule has 7 heteroatoms. The smallest absolute Gasteiger partial charge is 0.273 e. The Kier molecular flexibility index (Phi) is 3.56. The quantitative estimate of drug-likeness (QED) is 0.879. The first-order valence-electron chi connectivity index (χ1n) is 5.72. The molecule has 96 valence electrons. The molecule has 1 fully saturated rings. The van der Waals surface area contributed by atoms with Crippen LogP contribution >= 0.6 is 0 Å². The highest BCUT2D eigenvalue weighted by atomic mass is 19.2. The van der Waals surface area contributed by atoms with Gasteiger partial charge in [0.25, 0.3) is 5.95 Å². The summed E-state index contributed by atoms with van der Waals surface area (Å²) in [5.74, 6) is -3.01. The minimum Gasteiger partial charge on any atom is -0.349 e. The van der Waals surface area contributed by atoms with Crippen molar-refractivity contribution in [1.29, 1.82) is 0 Å². The van der Waals surface area contributed by atoms with Gasteiger partial charge in [-0.15, -0.1) is 5.10 Å². The van der Waals surface area contributed by atoms with Crippen LogP contribution in [0.15, 0.2) is 0 Å². The highest BCUT2D eigenvalue weighted by Crippen LogP contribution is 2.26. The Bertz CT molecular complexity index is 387. The molecule has 0 atom stereocenters. The van der Waals surface area contributed by atoms with E-state index in [9.17, 15) is 13.3 Å². The van der Waals surface area contributed by atoms with E-state index < -0.39 is 17.6 Å². The zero-order chi connectivity index (χ0) is 12.4. The van der Waals surface area contributed by atoms with Gasteiger partial charge >= 0.3 is 0 Å². The van der Waals surface area contributed by atoms with Gasteiger partial charge < -0.3 is 10.2 Å². The van der Waals surface area contributed by atoms with Crippen LogP contribution in [0, 0.1) is 11.8 Å². The second kappa shape index (κ2) is 4.95. The van der Waals surface area contributed by atoms with E-state index in [1.165, 1.54) is 4.90 Å². The lowest BCUT2D eigenvalue weighted by atomic mass is 10.0. The molecule has 0 spiro atoms. The van der Waals surface area contributed by atoms with Crippen LogP contribution in [-0.4, -0.2) is 35.7 Å². The van der Waals surface area contributed by atoms with Crippen molar-refractivity contribution in [3.05, 3.63) is 11.8 Å². The van der Waals surface area contributed by atoms with Gasteiger partial charge in [0.15, 0.2) is 0 Å². The van der Waals surface area contributed by atoms with E-state index in [0.29, 0.717) is 6.54 Å². The van der Waals surface area contributed by atoms with E-state index in [2.05, 4.69) is 10.4 Å². The minimum absolute atomic E-state index is 0.0151. The van der Waals surface area contributed by atoms with Gasteiger partial charge in [0.1, 0.15) is 0 Å². The molecule has 1 N–H and O–H groups in total. The van der Waals surface area contributed by atoms with Crippen molar-refractivity contribution < 1.29 is 13.3 Å². The maximum atomic E-state index is 13.5.